The van der Waals surface area contributed by atoms with Crippen molar-refractivity contribution in [3.05, 3.63) is 22.4 Å². The van der Waals surface area contributed by atoms with E-state index in [2.05, 4.69) is 0 Å². The number of rotatable bonds is 2. The summed E-state index contributed by atoms with van der Waals surface area (Å²) in [6.45, 7) is 0. The molecule has 0 radical (unpaired) electrons. The Morgan fingerprint density at radius 2 is 2.11 bits per heavy atom. The quantitative estimate of drug-likeness (QED) is 0.905. The summed E-state index contributed by atoms with van der Waals surface area (Å²) < 4.78 is 0. The average molecular weight is 279 g/mol. The smallest absolute Gasteiger partial charge is 0.326 e. The van der Waals surface area contributed by atoms with E-state index in [1.54, 1.807) is 16.3 Å². The first-order valence-corrected chi connectivity index (χ1v) is 7.70. The lowest BCUT2D eigenvalue weighted by Crippen LogP contribution is -2.46. The number of nitrogens with zero attached hydrogens (tertiary/aromatic N) is 1. The van der Waals surface area contributed by atoms with Gasteiger partial charge in [-0.15, -0.1) is 0 Å². The van der Waals surface area contributed by atoms with Gasteiger partial charge in [-0.1, -0.05) is 12.8 Å². The summed E-state index contributed by atoms with van der Waals surface area (Å²) in [5.74, 6) is -0.599. The molecule has 1 aromatic rings. The van der Waals surface area contributed by atoms with Crippen molar-refractivity contribution in [1.29, 1.82) is 0 Å². The highest BCUT2D eigenvalue weighted by molar-refractivity contribution is 7.08. The number of thiophene rings is 1. The van der Waals surface area contributed by atoms with Crippen molar-refractivity contribution in [3.63, 3.8) is 0 Å². The van der Waals surface area contributed by atoms with Gasteiger partial charge in [-0.05, 0) is 36.6 Å². The molecular formula is C14H17NO3S. The fraction of sp³-hybridized carbons (Fsp3) is 0.571. The maximum atomic E-state index is 12.5. The van der Waals surface area contributed by atoms with Crippen molar-refractivity contribution in [3.8, 4) is 0 Å². The summed E-state index contributed by atoms with van der Waals surface area (Å²) in [5.41, 5.74) is 0.627. The topological polar surface area (TPSA) is 57.6 Å². The third-order valence-corrected chi connectivity index (χ3v) is 5.06. The molecule has 0 spiro atoms. The third kappa shape index (κ3) is 2.16. The van der Waals surface area contributed by atoms with Gasteiger partial charge in [0.2, 0.25) is 0 Å². The van der Waals surface area contributed by atoms with Gasteiger partial charge in [0.15, 0.2) is 0 Å². The predicted molar refractivity (Wildman–Crippen MR) is 72.3 cm³/mol. The molecule has 0 bridgehead atoms. The number of carboxylic acids is 1. The number of aliphatic carboxylic acids is 1. The van der Waals surface area contributed by atoms with Gasteiger partial charge in [0.05, 0.1) is 5.56 Å². The first-order chi connectivity index (χ1) is 9.18. The molecule has 19 heavy (non-hydrogen) atoms. The monoisotopic (exact) mass is 279 g/mol. The van der Waals surface area contributed by atoms with Crippen LogP contribution in [0.3, 0.4) is 0 Å². The summed E-state index contributed by atoms with van der Waals surface area (Å²) in [6, 6.07) is 1.27. The summed E-state index contributed by atoms with van der Waals surface area (Å²) in [7, 11) is 0. The van der Waals surface area contributed by atoms with Gasteiger partial charge < -0.3 is 10.0 Å². The highest BCUT2D eigenvalue weighted by atomic mass is 32.1. The van der Waals surface area contributed by atoms with E-state index < -0.39 is 12.0 Å². The molecule has 2 heterocycles. The minimum absolute atomic E-state index is 0.108. The summed E-state index contributed by atoms with van der Waals surface area (Å²) in [4.78, 5) is 25.6. The van der Waals surface area contributed by atoms with Crippen LogP contribution in [0.25, 0.3) is 0 Å². The molecule has 4 nitrogen and oxygen atoms in total. The molecule has 2 aliphatic rings. The predicted octanol–water partition coefficient (Wildman–Crippen LogP) is 2.61. The van der Waals surface area contributed by atoms with E-state index in [1.807, 2.05) is 5.38 Å². The molecule has 3 rings (SSSR count). The molecule has 1 aliphatic heterocycles. The second-order valence-electron chi connectivity index (χ2n) is 5.43. The Balaban J connectivity index is 1.90. The highest BCUT2D eigenvalue weighted by Gasteiger charge is 2.47. The van der Waals surface area contributed by atoms with Crippen LogP contribution >= 0.6 is 11.3 Å². The summed E-state index contributed by atoms with van der Waals surface area (Å²) in [5, 5.41) is 13.0. The molecular weight excluding hydrogens is 262 g/mol. The lowest BCUT2D eigenvalue weighted by Gasteiger charge is -2.32. The van der Waals surface area contributed by atoms with Crippen molar-refractivity contribution < 1.29 is 14.7 Å². The normalized spacial score (nSPS) is 30.1. The van der Waals surface area contributed by atoms with Crippen LogP contribution in [0.2, 0.25) is 0 Å². The van der Waals surface area contributed by atoms with E-state index in [0.29, 0.717) is 17.9 Å². The summed E-state index contributed by atoms with van der Waals surface area (Å²) in [6.07, 6.45) is 4.89. The van der Waals surface area contributed by atoms with Gasteiger partial charge in [0.1, 0.15) is 6.04 Å². The molecule has 0 aromatic carbocycles. The van der Waals surface area contributed by atoms with Gasteiger partial charge in [-0.25, -0.2) is 4.79 Å². The van der Waals surface area contributed by atoms with Crippen LogP contribution in [0.1, 0.15) is 42.5 Å². The van der Waals surface area contributed by atoms with Gasteiger partial charge in [-0.3, -0.25) is 4.79 Å². The van der Waals surface area contributed by atoms with E-state index in [1.165, 1.54) is 11.3 Å². The molecule has 1 aliphatic carbocycles. The van der Waals surface area contributed by atoms with Crippen LogP contribution < -0.4 is 0 Å². The number of hydrogen-bond donors (Lipinski definition) is 1. The maximum Gasteiger partial charge on any atom is 0.326 e. The zero-order chi connectivity index (χ0) is 13.4. The second kappa shape index (κ2) is 4.96. The molecule has 5 heteroatoms. The maximum absolute atomic E-state index is 12.5. The van der Waals surface area contributed by atoms with Crippen molar-refractivity contribution in [2.45, 2.75) is 44.2 Å². The zero-order valence-electron chi connectivity index (χ0n) is 10.6. The number of fused-ring (bicyclic) bond motifs is 1. The Morgan fingerprint density at radius 3 is 2.79 bits per heavy atom. The van der Waals surface area contributed by atoms with Crippen LogP contribution in [-0.2, 0) is 4.79 Å². The van der Waals surface area contributed by atoms with E-state index in [0.717, 1.165) is 25.7 Å². The Labute approximate surface area is 116 Å². The molecule has 1 N–H and O–H groups in total. The van der Waals surface area contributed by atoms with Gasteiger partial charge in [0.25, 0.3) is 5.91 Å². The Morgan fingerprint density at radius 1 is 1.32 bits per heavy atom. The standard InChI is InChI=1S/C14H17NO3S/c16-13(10-5-6-19-8-10)15-11-4-2-1-3-9(11)7-12(15)14(17)18/h5-6,8-9,11-12H,1-4,7H2,(H,17,18)/t9-,11-,12+/m1/s1. The number of likely N-dealkylation sites (tertiary alicyclic amines) is 1. The molecule has 2 fully saturated rings. The van der Waals surface area contributed by atoms with E-state index in [-0.39, 0.29) is 11.9 Å². The highest BCUT2D eigenvalue weighted by Crippen LogP contribution is 2.40. The molecule has 0 unspecified atom stereocenters. The fourth-order valence-electron chi connectivity index (χ4n) is 3.51. The van der Waals surface area contributed by atoms with Crippen LogP contribution in [0.5, 0.6) is 0 Å². The molecule has 3 atom stereocenters. The minimum Gasteiger partial charge on any atom is -0.480 e. The second-order valence-corrected chi connectivity index (χ2v) is 6.21. The zero-order valence-corrected chi connectivity index (χ0v) is 11.4. The van der Waals surface area contributed by atoms with Crippen molar-refractivity contribution >= 4 is 23.2 Å². The van der Waals surface area contributed by atoms with E-state index in [4.69, 9.17) is 0 Å². The third-order valence-electron chi connectivity index (χ3n) is 4.38. The lowest BCUT2D eigenvalue weighted by atomic mass is 9.84. The average Bonchev–Trinajstić information content (AvgIpc) is 3.05. The van der Waals surface area contributed by atoms with Crippen LogP contribution in [0, 0.1) is 5.92 Å². The van der Waals surface area contributed by atoms with Crippen LogP contribution in [0.4, 0.5) is 0 Å². The Kier molecular flexibility index (Phi) is 3.31. The molecule has 1 aromatic heterocycles. The SMILES string of the molecule is O=C(O)[C@@H]1C[C@H]2CCCC[C@H]2N1C(=O)c1ccsc1. The van der Waals surface area contributed by atoms with Gasteiger partial charge >= 0.3 is 5.97 Å². The lowest BCUT2D eigenvalue weighted by molar-refractivity contribution is -0.141. The Bertz CT molecular complexity index is 485. The number of hydrogen-bond acceptors (Lipinski definition) is 3. The van der Waals surface area contributed by atoms with E-state index >= 15 is 0 Å². The number of carboxylic acid groups (broad SMARTS) is 1. The molecule has 1 saturated carbocycles. The number of carbonyl (C=O) groups excluding carboxylic acids is 1. The molecule has 102 valence electrons. The van der Waals surface area contributed by atoms with E-state index in [9.17, 15) is 14.7 Å². The van der Waals surface area contributed by atoms with Gasteiger partial charge in [-0.2, -0.15) is 11.3 Å². The first-order valence-electron chi connectivity index (χ1n) is 6.76. The first kappa shape index (κ1) is 12.7. The molecule has 1 saturated heterocycles. The largest absolute Gasteiger partial charge is 0.480 e. The Hall–Kier alpha value is -1.36. The van der Waals surface area contributed by atoms with Crippen molar-refractivity contribution in [2.75, 3.05) is 0 Å². The van der Waals surface area contributed by atoms with Gasteiger partial charge in [0, 0.05) is 11.4 Å². The summed E-state index contributed by atoms with van der Waals surface area (Å²) >= 11 is 1.47. The van der Waals surface area contributed by atoms with Crippen LogP contribution in [-0.4, -0.2) is 34.0 Å². The molecule has 1 amide bonds. The van der Waals surface area contributed by atoms with Crippen molar-refractivity contribution in [1.82, 2.24) is 4.90 Å². The fourth-order valence-corrected chi connectivity index (χ4v) is 4.14. The van der Waals surface area contributed by atoms with Crippen molar-refractivity contribution in [2.24, 2.45) is 5.92 Å². The minimum atomic E-state index is -0.863. The van der Waals surface area contributed by atoms with Crippen LogP contribution in [0.15, 0.2) is 16.8 Å². The number of amides is 1. The number of carbonyl (C=O) groups is 2.